The van der Waals surface area contributed by atoms with E-state index in [1.54, 1.807) is 0 Å². The first-order valence-electron chi connectivity index (χ1n) is 9.11. The molecule has 3 nitrogen and oxygen atoms in total. The Bertz CT molecular complexity index is 384. The van der Waals surface area contributed by atoms with Gasteiger partial charge in [-0.3, -0.25) is 4.79 Å². The second-order valence-electron chi connectivity index (χ2n) is 8.56. The van der Waals surface area contributed by atoms with Crippen LogP contribution in [0.3, 0.4) is 0 Å². The highest BCUT2D eigenvalue weighted by molar-refractivity contribution is 5.77. The number of piperidine rings is 1. The maximum atomic E-state index is 12.8. The number of carbonyl (C=O) groups is 1. The summed E-state index contributed by atoms with van der Waals surface area (Å²) in [5, 5.41) is 3.35. The molecule has 118 valence electrons. The fourth-order valence-corrected chi connectivity index (χ4v) is 6.38. The van der Waals surface area contributed by atoms with Crippen LogP contribution in [-0.2, 0) is 4.79 Å². The van der Waals surface area contributed by atoms with Gasteiger partial charge in [0.15, 0.2) is 0 Å². The maximum Gasteiger partial charge on any atom is 0.223 e. The Morgan fingerprint density at radius 1 is 1.14 bits per heavy atom. The van der Waals surface area contributed by atoms with Gasteiger partial charge < -0.3 is 10.2 Å². The number of hydrogen-bond acceptors (Lipinski definition) is 2. The van der Waals surface area contributed by atoms with Gasteiger partial charge in [0.1, 0.15) is 0 Å². The summed E-state index contributed by atoms with van der Waals surface area (Å²) in [4.78, 5) is 15.0. The summed E-state index contributed by atoms with van der Waals surface area (Å²) in [7, 11) is 2.03. The Kier molecular flexibility index (Phi) is 3.52. The van der Waals surface area contributed by atoms with Gasteiger partial charge in [-0.25, -0.2) is 0 Å². The van der Waals surface area contributed by atoms with Crippen molar-refractivity contribution in [2.75, 3.05) is 20.1 Å². The van der Waals surface area contributed by atoms with Crippen LogP contribution in [0.1, 0.15) is 57.8 Å². The highest BCUT2D eigenvalue weighted by Gasteiger charge is 2.51. The molecule has 1 N–H and O–H groups in total. The van der Waals surface area contributed by atoms with Gasteiger partial charge in [-0.1, -0.05) is 0 Å². The van der Waals surface area contributed by atoms with Gasteiger partial charge in [-0.15, -0.1) is 0 Å². The quantitative estimate of drug-likeness (QED) is 0.867. The molecule has 3 heteroatoms. The van der Waals surface area contributed by atoms with Crippen LogP contribution in [0.2, 0.25) is 0 Å². The van der Waals surface area contributed by atoms with E-state index in [9.17, 15) is 4.79 Å². The summed E-state index contributed by atoms with van der Waals surface area (Å²) in [6.07, 6.45) is 11.7. The van der Waals surface area contributed by atoms with Crippen LogP contribution in [0.25, 0.3) is 0 Å². The third kappa shape index (κ3) is 2.62. The van der Waals surface area contributed by atoms with Crippen LogP contribution in [0.15, 0.2) is 0 Å². The molecule has 4 saturated carbocycles. The van der Waals surface area contributed by atoms with Gasteiger partial charge >= 0.3 is 0 Å². The SMILES string of the molecule is CNC1CCCN(C(=O)CC23CC4CC(CC(C4)C2)C3)C1. The van der Waals surface area contributed by atoms with Crippen molar-refractivity contribution in [2.45, 2.75) is 63.8 Å². The standard InChI is InChI=1S/C18H30N2O/c1-19-16-3-2-4-20(12-16)17(21)11-18-8-13-5-14(9-18)7-15(6-13)10-18/h13-16,19H,2-12H2,1H3. The topological polar surface area (TPSA) is 32.3 Å². The molecule has 1 aliphatic heterocycles. The van der Waals surface area contributed by atoms with E-state index >= 15 is 0 Å². The number of carbonyl (C=O) groups excluding carboxylic acids is 1. The smallest absolute Gasteiger partial charge is 0.223 e. The van der Waals surface area contributed by atoms with E-state index in [4.69, 9.17) is 0 Å². The molecule has 1 atom stereocenters. The second-order valence-corrected chi connectivity index (χ2v) is 8.56. The van der Waals surface area contributed by atoms with Crippen molar-refractivity contribution >= 4 is 5.91 Å². The molecule has 0 aromatic rings. The summed E-state index contributed by atoms with van der Waals surface area (Å²) < 4.78 is 0. The van der Waals surface area contributed by atoms with Gasteiger partial charge in [0, 0.05) is 25.6 Å². The molecule has 1 unspecified atom stereocenters. The first kappa shape index (κ1) is 14.0. The van der Waals surface area contributed by atoms with Crippen molar-refractivity contribution < 1.29 is 4.79 Å². The van der Waals surface area contributed by atoms with E-state index in [0.717, 1.165) is 43.7 Å². The molecule has 4 aliphatic carbocycles. The molecule has 0 aromatic carbocycles. The van der Waals surface area contributed by atoms with Crippen LogP contribution in [-0.4, -0.2) is 37.0 Å². The number of nitrogens with zero attached hydrogens (tertiary/aromatic N) is 1. The number of amides is 1. The van der Waals surface area contributed by atoms with Crippen LogP contribution in [0.4, 0.5) is 0 Å². The first-order chi connectivity index (χ1) is 10.2. The fourth-order valence-electron chi connectivity index (χ4n) is 6.38. The molecular weight excluding hydrogens is 260 g/mol. The maximum absolute atomic E-state index is 12.8. The van der Waals surface area contributed by atoms with Crippen LogP contribution in [0.5, 0.6) is 0 Å². The van der Waals surface area contributed by atoms with E-state index in [1.807, 2.05) is 7.05 Å². The van der Waals surface area contributed by atoms with E-state index in [-0.39, 0.29) is 0 Å². The first-order valence-corrected chi connectivity index (χ1v) is 9.11. The molecule has 0 radical (unpaired) electrons. The molecule has 5 fully saturated rings. The van der Waals surface area contributed by atoms with Gasteiger partial charge in [-0.05, 0) is 81.6 Å². The molecule has 5 aliphatic rings. The molecule has 21 heavy (non-hydrogen) atoms. The molecule has 1 heterocycles. The minimum absolute atomic E-state index is 0.401. The van der Waals surface area contributed by atoms with Crippen LogP contribution < -0.4 is 5.32 Å². The molecule has 1 saturated heterocycles. The van der Waals surface area contributed by atoms with E-state index in [0.29, 0.717) is 17.4 Å². The van der Waals surface area contributed by atoms with Crippen molar-refractivity contribution in [3.05, 3.63) is 0 Å². The summed E-state index contributed by atoms with van der Waals surface area (Å²) in [6, 6.07) is 0.513. The van der Waals surface area contributed by atoms with Crippen molar-refractivity contribution in [3.63, 3.8) is 0 Å². The molecule has 0 spiro atoms. The Hall–Kier alpha value is -0.570. The predicted octanol–water partition coefficient (Wildman–Crippen LogP) is 2.80. The number of likely N-dealkylation sites (tertiary alicyclic amines) is 1. The number of nitrogens with one attached hydrogen (secondary N) is 1. The minimum Gasteiger partial charge on any atom is -0.341 e. The highest BCUT2D eigenvalue weighted by Crippen LogP contribution is 2.61. The Labute approximate surface area is 128 Å². The van der Waals surface area contributed by atoms with Gasteiger partial charge in [0.05, 0.1) is 0 Å². The monoisotopic (exact) mass is 290 g/mol. The van der Waals surface area contributed by atoms with E-state index < -0.39 is 0 Å². The third-order valence-corrected chi connectivity index (χ3v) is 6.87. The Morgan fingerprint density at radius 3 is 2.33 bits per heavy atom. The lowest BCUT2D eigenvalue weighted by Crippen LogP contribution is -2.51. The zero-order chi connectivity index (χ0) is 14.4. The lowest BCUT2D eigenvalue weighted by molar-refractivity contribution is -0.140. The summed E-state index contributed by atoms with van der Waals surface area (Å²) in [5.41, 5.74) is 0.401. The summed E-state index contributed by atoms with van der Waals surface area (Å²) in [6.45, 7) is 1.92. The second kappa shape index (κ2) is 5.26. The molecule has 4 bridgehead atoms. The van der Waals surface area contributed by atoms with E-state index in [2.05, 4.69) is 10.2 Å². The zero-order valence-electron chi connectivity index (χ0n) is 13.4. The van der Waals surface area contributed by atoms with Gasteiger partial charge in [0.25, 0.3) is 0 Å². The normalized spacial score (nSPS) is 45.1. The average molecular weight is 290 g/mol. The summed E-state index contributed by atoms with van der Waals surface area (Å²) >= 11 is 0. The highest BCUT2D eigenvalue weighted by atomic mass is 16.2. The van der Waals surface area contributed by atoms with Crippen LogP contribution >= 0.6 is 0 Å². The molecule has 5 rings (SSSR count). The van der Waals surface area contributed by atoms with Crippen molar-refractivity contribution in [3.8, 4) is 0 Å². The lowest BCUT2D eigenvalue weighted by Gasteiger charge is -2.57. The van der Waals surface area contributed by atoms with Gasteiger partial charge in [0.2, 0.25) is 5.91 Å². The Balaban J connectivity index is 1.42. The number of rotatable bonds is 3. The van der Waals surface area contributed by atoms with Crippen molar-refractivity contribution in [2.24, 2.45) is 23.2 Å². The van der Waals surface area contributed by atoms with Crippen molar-refractivity contribution in [1.29, 1.82) is 0 Å². The fraction of sp³-hybridized carbons (Fsp3) is 0.944. The number of likely N-dealkylation sites (N-methyl/N-ethyl adjacent to an activating group) is 1. The molecule has 0 aromatic heterocycles. The zero-order valence-corrected chi connectivity index (χ0v) is 13.4. The predicted molar refractivity (Wildman–Crippen MR) is 83.9 cm³/mol. The summed E-state index contributed by atoms with van der Waals surface area (Å²) in [5.74, 6) is 3.32. The van der Waals surface area contributed by atoms with Crippen LogP contribution in [0, 0.1) is 23.2 Å². The molecular formula is C18H30N2O. The third-order valence-electron chi connectivity index (χ3n) is 6.87. The van der Waals surface area contributed by atoms with E-state index in [1.165, 1.54) is 44.9 Å². The largest absolute Gasteiger partial charge is 0.341 e. The lowest BCUT2D eigenvalue weighted by atomic mass is 9.49. The van der Waals surface area contributed by atoms with Crippen molar-refractivity contribution in [1.82, 2.24) is 10.2 Å². The van der Waals surface area contributed by atoms with Gasteiger partial charge in [-0.2, -0.15) is 0 Å². The average Bonchev–Trinajstić information content (AvgIpc) is 2.45. The number of hydrogen-bond donors (Lipinski definition) is 1. The molecule has 1 amide bonds. The Morgan fingerprint density at radius 2 is 1.76 bits per heavy atom. The minimum atomic E-state index is 0.401.